The molecule has 3 rings (SSSR count). The first-order valence-corrected chi connectivity index (χ1v) is 8.75. The van der Waals surface area contributed by atoms with E-state index in [1.165, 1.54) is 29.8 Å². The van der Waals surface area contributed by atoms with Gasteiger partial charge >= 0.3 is 0 Å². The van der Waals surface area contributed by atoms with Crippen LogP contribution in [-0.2, 0) is 6.54 Å². The molecule has 2 nitrogen and oxygen atoms in total. The number of benzene rings is 1. The summed E-state index contributed by atoms with van der Waals surface area (Å²) in [4.78, 5) is 4.02. The van der Waals surface area contributed by atoms with Crippen LogP contribution in [0.15, 0.2) is 47.8 Å². The van der Waals surface area contributed by atoms with Crippen LogP contribution in [0.2, 0.25) is 0 Å². The zero-order valence-corrected chi connectivity index (χ0v) is 13.5. The third-order valence-corrected chi connectivity index (χ3v) is 5.27. The van der Waals surface area contributed by atoms with Crippen LogP contribution in [0.25, 0.3) is 0 Å². The molecule has 112 valence electrons. The first-order chi connectivity index (χ1) is 10.3. The van der Waals surface area contributed by atoms with Gasteiger partial charge in [-0.1, -0.05) is 36.4 Å². The predicted octanol–water partition coefficient (Wildman–Crippen LogP) is 4.06. The van der Waals surface area contributed by atoms with E-state index in [1.54, 1.807) is 0 Å². The number of hydrogen-bond acceptors (Lipinski definition) is 3. The van der Waals surface area contributed by atoms with Crippen molar-refractivity contribution in [2.24, 2.45) is 0 Å². The zero-order valence-electron chi connectivity index (χ0n) is 12.7. The van der Waals surface area contributed by atoms with Gasteiger partial charge in [-0.2, -0.15) is 0 Å². The molecule has 1 saturated heterocycles. The van der Waals surface area contributed by atoms with E-state index in [1.807, 2.05) is 11.3 Å². The highest BCUT2D eigenvalue weighted by Crippen LogP contribution is 2.21. The minimum atomic E-state index is 0.465. The van der Waals surface area contributed by atoms with Crippen molar-refractivity contribution in [3.05, 3.63) is 58.3 Å². The van der Waals surface area contributed by atoms with Crippen molar-refractivity contribution in [3.63, 3.8) is 0 Å². The molecule has 1 aromatic heterocycles. The molecule has 1 aliphatic rings. The van der Waals surface area contributed by atoms with Crippen molar-refractivity contribution >= 4 is 11.3 Å². The van der Waals surface area contributed by atoms with Crippen LogP contribution in [0.1, 0.15) is 36.2 Å². The Kier molecular flexibility index (Phi) is 5.07. The summed E-state index contributed by atoms with van der Waals surface area (Å²) in [6, 6.07) is 16.3. The molecule has 0 saturated carbocycles. The third-order valence-electron chi connectivity index (χ3n) is 4.21. The Hall–Kier alpha value is -1.16. The summed E-state index contributed by atoms with van der Waals surface area (Å²) in [5.41, 5.74) is 1.42. The molecule has 0 bridgehead atoms. The number of likely N-dealkylation sites (tertiary alicyclic amines) is 1. The van der Waals surface area contributed by atoms with Gasteiger partial charge in [0.2, 0.25) is 0 Å². The normalized spacial score (nSPS) is 21.3. The van der Waals surface area contributed by atoms with Crippen molar-refractivity contribution in [3.8, 4) is 0 Å². The Morgan fingerprint density at radius 1 is 1.24 bits per heavy atom. The van der Waals surface area contributed by atoms with E-state index in [9.17, 15) is 0 Å². The molecule has 0 aliphatic carbocycles. The van der Waals surface area contributed by atoms with E-state index < -0.39 is 0 Å². The summed E-state index contributed by atoms with van der Waals surface area (Å²) in [5.74, 6) is 0. The van der Waals surface area contributed by atoms with E-state index in [0.717, 1.165) is 13.1 Å². The zero-order chi connectivity index (χ0) is 14.5. The molecule has 1 N–H and O–H groups in total. The van der Waals surface area contributed by atoms with Gasteiger partial charge in [0, 0.05) is 30.1 Å². The smallest absolute Gasteiger partial charge is 0.0388 e. The Bertz CT molecular complexity index is 523. The minimum absolute atomic E-state index is 0.465. The summed E-state index contributed by atoms with van der Waals surface area (Å²) < 4.78 is 0. The van der Waals surface area contributed by atoms with Crippen molar-refractivity contribution in [2.75, 3.05) is 13.1 Å². The molecule has 1 aliphatic heterocycles. The highest BCUT2D eigenvalue weighted by molar-refractivity contribution is 7.10. The summed E-state index contributed by atoms with van der Waals surface area (Å²) in [7, 11) is 0. The number of piperidine rings is 1. The Morgan fingerprint density at radius 3 is 2.86 bits per heavy atom. The van der Waals surface area contributed by atoms with Gasteiger partial charge in [0.1, 0.15) is 0 Å². The maximum Gasteiger partial charge on any atom is 0.0388 e. The van der Waals surface area contributed by atoms with Gasteiger partial charge in [-0.3, -0.25) is 4.90 Å². The van der Waals surface area contributed by atoms with Crippen LogP contribution in [0.4, 0.5) is 0 Å². The predicted molar refractivity (Wildman–Crippen MR) is 90.6 cm³/mol. The fourth-order valence-electron chi connectivity index (χ4n) is 3.15. The lowest BCUT2D eigenvalue weighted by molar-refractivity contribution is 0.177. The van der Waals surface area contributed by atoms with E-state index in [0.29, 0.717) is 12.1 Å². The lowest BCUT2D eigenvalue weighted by Gasteiger charge is -2.34. The fraction of sp³-hybridized carbons (Fsp3) is 0.444. The van der Waals surface area contributed by atoms with Crippen LogP contribution < -0.4 is 5.32 Å². The molecule has 21 heavy (non-hydrogen) atoms. The molecule has 2 atom stereocenters. The Labute approximate surface area is 131 Å². The largest absolute Gasteiger partial charge is 0.305 e. The molecule has 0 spiro atoms. The van der Waals surface area contributed by atoms with Crippen molar-refractivity contribution in [1.29, 1.82) is 0 Å². The van der Waals surface area contributed by atoms with Crippen LogP contribution in [0.3, 0.4) is 0 Å². The van der Waals surface area contributed by atoms with Gasteiger partial charge in [0.15, 0.2) is 0 Å². The second-order valence-electron chi connectivity index (χ2n) is 5.96. The number of hydrogen-bond donors (Lipinski definition) is 1. The molecule has 3 heteroatoms. The number of thiophene rings is 1. The molecule has 1 aromatic carbocycles. The van der Waals surface area contributed by atoms with E-state index >= 15 is 0 Å². The second-order valence-corrected chi connectivity index (χ2v) is 6.94. The molecule has 1 fully saturated rings. The highest BCUT2D eigenvalue weighted by atomic mass is 32.1. The Morgan fingerprint density at radius 2 is 2.10 bits per heavy atom. The summed E-state index contributed by atoms with van der Waals surface area (Å²) in [6.07, 6.45) is 2.59. The van der Waals surface area contributed by atoms with Crippen LogP contribution in [0, 0.1) is 0 Å². The van der Waals surface area contributed by atoms with E-state index in [2.05, 4.69) is 65.0 Å². The average molecular weight is 300 g/mol. The van der Waals surface area contributed by atoms with Gasteiger partial charge in [-0.05, 0) is 43.3 Å². The maximum absolute atomic E-state index is 3.81. The standard InChI is InChI=1S/C18H24N2S/c1-15(18-10-6-12-21-18)19-17-9-5-11-20(14-17)13-16-7-3-2-4-8-16/h2-4,6-8,10,12,15,17,19H,5,9,11,13-14H2,1H3. The Balaban J connectivity index is 1.53. The van der Waals surface area contributed by atoms with Gasteiger partial charge in [0.05, 0.1) is 0 Å². The molecule has 0 amide bonds. The minimum Gasteiger partial charge on any atom is -0.305 e. The molecular formula is C18H24N2S. The van der Waals surface area contributed by atoms with Crippen LogP contribution in [0.5, 0.6) is 0 Å². The van der Waals surface area contributed by atoms with Crippen LogP contribution in [-0.4, -0.2) is 24.0 Å². The fourth-order valence-corrected chi connectivity index (χ4v) is 3.89. The highest BCUT2D eigenvalue weighted by Gasteiger charge is 2.21. The van der Waals surface area contributed by atoms with Gasteiger partial charge in [-0.25, -0.2) is 0 Å². The summed E-state index contributed by atoms with van der Waals surface area (Å²) >= 11 is 1.85. The van der Waals surface area contributed by atoms with E-state index in [-0.39, 0.29) is 0 Å². The second kappa shape index (κ2) is 7.21. The van der Waals surface area contributed by atoms with Gasteiger partial charge in [0.25, 0.3) is 0 Å². The van der Waals surface area contributed by atoms with Crippen molar-refractivity contribution < 1.29 is 0 Å². The average Bonchev–Trinajstić information content (AvgIpc) is 3.03. The summed E-state index contributed by atoms with van der Waals surface area (Å²) in [6.45, 7) is 5.74. The topological polar surface area (TPSA) is 15.3 Å². The number of rotatable bonds is 5. The lowest BCUT2D eigenvalue weighted by atomic mass is 10.0. The molecule has 0 radical (unpaired) electrons. The molecular weight excluding hydrogens is 276 g/mol. The van der Waals surface area contributed by atoms with Crippen LogP contribution >= 0.6 is 11.3 Å². The van der Waals surface area contributed by atoms with E-state index in [4.69, 9.17) is 0 Å². The van der Waals surface area contributed by atoms with Gasteiger partial charge < -0.3 is 5.32 Å². The first kappa shape index (κ1) is 14.8. The maximum atomic E-state index is 3.81. The summed E-state index contributed by atoms with van der Waals surface area (Å²) in [5, 5.41) is 5.97. The SMILES string of the molecule is CC(NC1CCCN(Cc2ccccc2)C1)c1cccs1. The monoisotopic (exact) mass is 300 g/mol. The molecule has 2 aromatic rings. The van der Waals surface area contributed by atoms with Crippen molar-refractivity contribution in [1.82, 2.24) is 10.2 Å². The quantitative estimate of drug-likeness (QED) is 0.895. The number of nitrogens with one attached hydrogen (secondary N) is 1. The van der Waals surface area contributed by atoms with Gasteiger partial charge in [-0.15, -0.1) is 11.3 Å². The number of nitrogens with zero attached hydrogens (tertiary/aromatic N) is 1. The van der Waals surface area contributed by atoms with Crippen molar-refractivity contribution in [2.45, 2.75) is 38.4 Å². The first-order valence-electron chi connectivity index (χ1n) is 7.87. The lowest BCUT2D eigenvalue weighted by Crippen LogP contribution is -2.45. The molecule has 2 unspecified atom stereocenters. The third kappa shape index (κ3) is 4.16. The molecule has 2 heterocycles.